The van der Waals surface area contributed by atoms with Crippen LogP contribution in [0.5, 0.6) is 0 Å². The van der Waals surface area contributed by atoms with Crippen LogP contribution >= 0.6 is 0 Å². The van der Waals surface area contributed by atoms with Crippen LogP contribution in [0.4, 0.5) is 0 Å². The fourth-order valence-electron chi connectivity index (χ4n) is 2.58. The number of carbonyl (C=O) groups is 3. The lowest BCUT2D eigenvalue weighted by atomic mass is 10.0. The molecule has 2 rings (SSSR count). The van der Waals surface area contributed by atoms with Crippen LogP contribution in [0.15, 0.2) is 36.4 Å². The second-order valence-electron chi connectivity index (χ2n) is 6.51. The molecule has 0 fully saturated rings. The Kier molecular flexibility index (Phi) is 8.16. The highest BCUT2D eigenvalue weighted by Crippen LogP contribution is 2.12. The molecule has 0 spiro atoms. The van der Waals surface area contributed by atoms with E-state index in [0.29, 0.717) is 30.9 Å². The van der Waals surface area contributed by atoms with Gasteiger partial charge in [-0.3, -0.25) is 14.4 Å². The molecule has 1 aromatic rings. The van der Waals surface area contributed by atoms with E-state index in [2.05, 4.69) is 10.6 Å². The first kappa shape index (κ1) is 20.8. The highest BCUT2D eigenvalue weighted by molar-refractivity contribution is 6.38. The van der Waals surface area contributed by atoms with E-state index in [-0.39, 0.29) is 19.1 Å². The van der Waals surface area contributed by atoms with Crippen LogP contribution in [-0.4, -0.2) is 49.5 Å². The Balaban J connectivity index is 2.23. The molecular weight excluding hydrogens is 348 g/mol. The fraction of sp³-hybridized carbons (Fsp3) is 0.450. The molecule has 1 heterocycles. The van der Waals surface area contributed by atoms with Crippen molar-refractivity contribution < 1.29 is 23.9 Å². The maximum Gasteiger partial charge on any atom is 0.289 e. The summed E-state index contributed by atoms with van der Waals surface area (Å²) >= 11 is 0. The van der Waals surface area contributed by atoms with Gasteiger partial charge in [-0.25, -0.2) is 0 Å². The molecule has 2 amide bonds. The SMILES string of the molecule is CC(C)NC(=O)C(=O)C1C/C=C/COCCOCc2ccccc2C(=O)N1. The molecule has 1 aromatic carbocycles. The van der Waals surface area contributed by atoms with Gasteiger partial charge < -0.3 is 20.1 Å². The van der Waals surface area contributed by atoms with Crippen molar-refractivity contribution in [1.29, 1.82) is 0 Å². The quantitative estimate of drug-likeness (QED) is 0.616. The summed E-state index contributed by atoms with van der Waals surface area (Å²) in [5.74, 6) is -1.80. The van der Waals surface area contributed by atoms with Gasteiger partial charge in [-0.15, -0.1) is 0 Å². The van der Waals surface area contributed by atoms with E-state index in [4.69, 9.17) is 9.47 Å². The zero-order valence-corrected chi connectivity index (χ0v) is 15.7. The number of amides is 2. The van der Waals surface area contributed by atoms with E-state index < -0.39 is 23.6 Å². The number of hydrogen-bond donors (Lipinski definition) is 2. The molecule has 0 saturated carbocycles. The Hall–Kier alpha value is -2.51. The number of benzene rings is 1. The van der Waals surface area contributed by atoms with Gasteiger partial charge in [0.25, 0.3) is 11.8 Å². The summed E-state index contributed by atoms with van der Waals surface area (Å²) in [6.45, 7) is 5.01. The number of hydrogen-bond acceptors (Lipinski definition) is 5. The van der Waals surface area contributed by atoms with Crippen LogP contribution in [0.2, 0.25) is 0 Å². The van der Waals surface area contributed by atoms with Gasteiger partial charge in [-0.2, -0.15) is 0 Å². The van der Waals surface area contributed by atoms with Crippen LogP contribution in [0.3, 0.4) is 0 Å². The van der Waals surface area contributed by atoms with Crippen LogP contribution < -0.4 is 10.6 Å². The van der Waals surface area contributed by atoms with Crippen LogP contribution in [0, 0.1) is 0 Å². The summed E-state index contributed by atoms with van der Waals surface area (Å²) in [5, 5.41) is 5.25. The number of rotatable bonds is 3. The summed E-state index contributed by atoms with van der Waals surface area (Å²) in [6.07, 6.45) is 3.69. The number of nitrogens with one attached hydrogen (secondary N) is 2. The molecule has 0 radical (unpaired) electrons. The van der Waals surface area contributed by atoms with Crippen molar-refractivity contribution in [1.82, 2.24) is 10.6 Å². The number of ether oxygens (including phenoxy) is 2. The highest BCUT2D eigenvalue weighted by Gasteiger charge is 2.27. The first-order valence-electron chi connectivity index (χ1n) is 9.03. The van der Waals surface area contributed by atoms with E-state index in [1.807, 2.05) is 6.07 Å². The molecule has 0 aromatic heterocycles. The number of carbonyl (C=O) groups excluding carboxylic acids is 3. The molecule has 0 saturated heterocycles. The Morgan fingerprint density at radius 2 is 1.89 bits per heavy atom. The zero-order chi connectivity index (χ0) is 19.6. The minimum absolute atomic E-state index is 0.169. The molecule has 1 aliphatic rings. The van der Waals surface area contributed by atoms with Gasteiger partial charge in [-0.05, 0) is 31.9 Å². The summed E-state index contributed by atoms with van der Waals surface area (Å²) < 4.78 is 11.0. The molecule has 27 heavy (non-hydrogen) atoms. The lowest BCUT2D eigenvalue weighted by Crippen LogP contribution is -2.48. The standard InChI is InChI=1S/C20H26N2O5/c1-14(2)21-20(25)18(23)17-9-5-6-10-26-11-12-27-13-15-7-3-4-8-16(15)19(24)22-17/h3-8,14,17H,9-13H2,1-2H3,(H,21,25)(H,22,24)/b6-5+. The lowest BCUT2D eigenvalue weighted by molar-refractivity contribution is -0.139. The molecule has 7 heteroatoms. The smallest absolute Gasteiger partial charge is 0.289 e. The highest BCUT2D eigenvalue weighted by atomic mass is 16.5. The van der Waals surface area contributed by atoms with E-state index in [1.54, 1.807) is 44.2 Å². The normalized spacial score (nSPS) is 20.1. The largest absolute Gasteiger partial charge is 0.375 e. The van der Waals surface area contributed by atoms with Gasteiger partial charge in [-0.1, -0.05) is 30.4 Å². The van der Waals surface area contributed by atoms with Crippen molar-refractivity contribution in [3.8, 4) is 0 Å². The fourth-order valence-corrected chi connectivity index (χ4v) is 2.58. The maximum atomic E-state index is 12.7. The maximum absolute atomic E-state index is 12.7. The summed E-state index contributed by atoms with van der Waals surface area (Å²) in [4.78, 5) is 37.3. The summed E-state index contributed by atoms with van der Waals surface area (Å²) in [5.41, 5.74) is 1.13. The van der Waals surface area contributed by atoms with E-state index in [1.165, 1.54) is 0 Å². The van der Waals surface area contributed by atoms with E-state index in [0.717, 1.165) is 0 Å². The van der Waals surface area contributed by atoms with Crippen LogP contribution in [0.25, 0.3) is 0 Å². The Labute approximate surface area is 159 Å². The topological polar surface area (TPSA) is 93.7 Å². The molecule has 7 nitrogen and oxygen atoms in total. The van der Waals surface area contributed by atoms with Crippen molar-refractivity contribution in [2.24, 2.45) is 0 Å². The van der Waals surface area contributed by atoms with Gasteiger partial charge in [0.15, 0.2) is 0 Å². The van der Waals surface area contributed by atoms with Crippen LogP contribution in [0.1, 0.15) is 36.2 Å². The third-order valence-corrected chi connectivity index (χ3v) is 3.91. The molecule has 0 bridgehead atoms. The van der Waals surface area contributed by atoms with Crippen molar-refractivity contribution in [2.75, 3.05) is 19.8 Å². The molecule has 1 unspecified atom stereocenters. The monoisotopic (exact) mass is 374 g/mol. The Bertz CT molecular complexity index is 699. The second kappa shape index (κ2) is 10.6. The van der Waals surface area contributed by atoms with Gasteiger partial charge in [0.1, 0.15) is 6.04 Å². The van der Waals surface area contributed by atoms with Gasteiger partial charge in [0, 0.05) is 11.6 Å². The third-order valence-electron chi connectivity index (χ3n) is 3.91. The summed E-state index contributed by atoms with van der Waals surface area (Å²) in [7, 11) is 0. The van der Waals surface area contributed by atoms with E-state index >= 15 is 0 Å². The molecule has 1 aliphatic heterocycles. The molecule has 2 N–H and O–H groups in total. The molecule has 1 atom stereocenters. The number of Topliss-reactive ketones (excluding diaryl/α,β-unsaturated/α-hetero) is 1. The van der Waals surface area contributed by atoms with Crippen molar-refractivity contribution >= 4 is 17.6 Å². The van der Waals surface area contributed by atoms with Gasteiger partial charge in [0.05, 0.1) is 26.4 Å². The molecule has 0 aliphatic carbocycles. The predicted molar refractivity (Wildman–Crippen MR) is 100 cm³/mol. The minimum atomic E-state index is -0.954. The average molecular weight is 374 g/mol. The Morgan fingerprint density at radius 1 is 1.15 bits per heavy atom. The molecular formula is C20H26N2O5. The first-order valence-corrected chi connectivity index (χ1v) is 9.03. The number of fused-ring (bicyclic) bond motifs is 1. The van der Waals surface area contributed by atoms with Gasteiger partial charge >= 0.3 is 0 Å². The second-order valence-corrected chi connectivity index (χ2v) is 6.51. The molecule has 146 valence electrons. The first-order chi connectivity index (χ1) is 13.0. The Morgan fingerprint density at radius 3 is 2.67 bits per heavy atom. The predicted octanol–water partition coefficient (Wildman–Crippen LogP) is 1.37. The average Bonchev–Trinajstić information content (AvgIpc) is 2.64. The minimum Gasteiger partial charge on any atom is -0.375 e. The van der Waals surface area contributed by atoms with E-state index in [9.17, 15) is 14.4 Å². The van der Waals surface area contributed by atoms with Crippen LogP contribution in [-0.2, 0) is 25.7 Å². The zero-order valence-electron chi connectivity index (χ0n) is 15.7. The van der Waals surface area contributed by atoms with Gasteiger partial charge in [0.2, 0.25) is 5.78 Å². The van der Waals surface area contributed by atoms with Crippen molar-refractivity contribution in [3.63, 3.8) is 0 Å². The van der Waals surface area contributed by atoms with Crippen molar-refractivity contribution in [3.05, 3.63) is 47.5 Å². The summed E-state index contributed by atoms with van der Waals surface area (Å²) in [6, 6.07) is 5.90. The van der Waals surface area contributed by atoms with Crippen molar-refractivity contribution in [2.45, 2.75) is 39.0 Å². The lowest BCUT2D eigenvalue weighted by Gasteiger charge is -2.18. The third kappa shape index (κ3) is 6.62. The number of ketones is 1.